The summed E-state index contributed by atoms with van der Waals surface area (Å²) < 4.78 is 4.50. The first-order chi connectivity index (χ1) is 6.07. The first-order valence-corrected chi connectivity index (χ1v) is 4.65. The van der Waals surface area contributed by atoms with Crippen LogP contribution in [0.25, 0.3) is 0 Å². The van der Waals surface area contributed by atoms with E-state index < -0.39 is 0 Å². The highest BCUT2D eigenvalue weighted by atomic mass is 16.5. The van der Waals surface area contributed by atoms with Gasteiger partial charge in [-0.25, -0.2) is 0 Å². The van der Waals surface area contributed by atoms with Crippen molar-refractivity contribution in [3.63, 3.8) is 0 Å². The summed E-state index contributed by atoms with van der Waals surface area (Å²) in [6.07, 6.45) is 3.05. The quantitative estimate of drug-likeness (QED) is 0.470. The van der Waals surface area contributed by atoms with Gasteiger partial charge in [0.05, 0.1) is 7.11 Å². The lowest BCUT2D eigenvalue weighted by molar-refractivity contribution is -0.140. The van der Waals surface area contributed by atoms with E-state index in [-0.39, 0.29) is 17.7 Å². The van der Waals surface area contributed by atoms with Crippen LogP contribution in [0.4, 0.5) is 0 Å². The van der Waals surface area contributed by atoms with Gasteiger partial charge in [-0.3, -0.25) is 9.59 Å². The molecule has 76 valence electrons. The van der Waals surface area contributed by atoms with Gasteiger partial charge >= 0.3 is 5.97 Å². The van der Waals surface area contributed by atoms with Crippen molar-refractivity contribution in [1.82, 2.24) is 0 Å². The van der Waals surface area contributed by atoms with Crippen LogP contribution in [-0.2, 0) is 14.3 Å². The number of carbonyl (C=O) groups is 2. The van der Waals surface area contributed by atoms with Crippen molar-refractivity contribution in [2.24, 2.45) is 5.92 Å². The average Bonchev–Trinajstić information content (AvgIpc) is 2.11. The molecule has 0 aromatic carbocycles. The molecule has 0 heterocycles. The van der Waals surface area contributed by atoms with Crippen molar-refractivity contribution in [2.45, 2.75) is 39.5 Å². The first kappa shape index (κ1) is 12.1. The van der Waals surface area contributed by atoms with E-state index in [1.54, 1.807) is 6.92 Å². The summed E-state index contributed by atoms with van der Waals surface area (Å²) in [7, 11) is 1.39. The molecule has 0 N–H and O–H groups in total. The fourth-order valence-electron chi connectivity index (χ4n) is 1.03. The molecule has 3 nitrogen and oxygen atoms in total. The third kappa shape index (κ3) is 6.31. The Balaban J connectivity index is 3.35. The zero-order valence-electron chi connectivity index (χ0n) is 8.63. The highest BCUT2D eigenvalue weighted by Gasteiger charge is 2.07. The number of Topliss-reactive ketones (excluding diaryl/α,β-unsaturated/α-hetero) is 1. The minimum atomic E-state index is -0.171. The topological polar surface area (TPSA) is 43.4 Å². The van der Waals surface area contributed by atoms with Crippen LogP contribution in [0.5, 0.6) is 0 Å². The normalized spacial score (nSPS) is 12.2. The smallest absolute Gasteiger partial charge is 0.305 e. The molecule has 0 aliphatic carbocycles. The lowest BCUT2D eigenvalue weighted by Gasteiger charge is -2.05. The molecule has 0 radical (unpaired) electrons. The highest BCUT2D eigenvalue weighted by Crippen LogP contribution is 2.10. The van der Waals surface area contributed by atoms with Crippen molar-refractivity contribution in [3.8, 4) is 0 Å². The molecule has 0 aromatic heterocycles. The van der Waals surface area contributed by atoms with Gasteiger partial charge in [-0.2, -0.15) is 0 Å². The van der Waals surface area contributed by atoms with Gasteiger partial charge in [0.1, 0.15) is 5.78 Å². The molecule has 13 heavy (non-hydrogen) atoms. The molecule has 0 aliphatic rings. The second-order valence-electron chi connectivity index (χ2n) is 3.33. The molecule has 0 fully saturated rings. The molecule has 0 amide bonds. The maximum Gasteiger partial charge on any atom is 0.305 e. The van der Waals surface area contributed by atoms with Crippen LogP contribution in [0.15, 0.2) is 0 Å². The molecule has 0 rings (SSSR count). The van der Waals surface area contributed by atoms with Crippen molar-refractivity contribution in [2.75, 3.05) is 7.11 Å². The number of methoxy groups -OCH3 is 1. The van der Waals surface area contributed by atoms with E-state index in [9.17, 15) is 9.59 Å². The Hall–Kier alpha value is -0.860. The molecule has 1 atom stereocenters. The van der Waals surface area contributed by atoms with E-state index >= 15 is 0 Å². The van der Waals surface area contributed by atoms with Gasteiger partial charge in [-0.1, -0.05) is 13.3 Å². The molecule has 0 saturated heterocycles. The van der Waals surface area contributed by atoms with E-state index in [4.69, 9.17) is 0 Å². The van der Waals surface area contributed by atoms with Crippen LogP contribution in [0, 0.1) is 5.92 Å². The van der Waals surface area contributed by atoms with Gasteiger partial charge < -0.3 is 4.74 Å². The van der Waals surface area contributed by atoms with Crippen molar-refractivity contribution in [1.29, 1.82) is 0 Å². The Morgan fingerprint density at radius 3 is 2.38 bits per heavy atom. The third-order valence-electron chi connectivity index (χ3n) is 2.19. The predicted octanol–water partition coefficient (Wildman–Crippen LogP) is 1.94. The zero-order valence-corrected chi connectivity index (χ0v) is 8.63. The number of hydrogen-bond donors (Lipinski definition) is 0. The number of unbranched alkanes of at least 4 members (excludes halogenated alkanes) is 1. The molecule has 3 heteroatoms. The van der Waals surface area contributed by atoms with Gasteiger partial charge in [0, 0.05) is 12.3 Å². The number of rotatable bonds is 6. The van der Waals surface area contributed by atoms with E-state index in [0.29, 0.717) is 6.42 Å². The average molecular weight is 186 g/mol. The lowest BCUT2D eigenvalue weighted by Crippen LogP contribution is -2.06. The minimum absolute atomic E-state index is 0.123. The second kappa shape index (κ2) is 6.63. The molecular formula is C10H18O3. The minimum Gasteiger partial charge on any atom is -0.469 e. The van der Waals surface area contributed by atoms with Gasteiger partial charge in [0.15, 0.2) is 0 Å². The molecular weight excluding hydrogens is 168 g/mol. The number of esters is 1. The number of ketones is 1. The van der Waals surface area contributed by atoms with E-state index in [1.807, 2.05) is 6.92 Å². The van der Waals surface area contributed by atoms with Crippen LogP contribution >= 0.6 is 0 Å². The fraction of sp³-hybridized carbons (Fsp3) is 0.800. The molecule has 0 aliphatic heterocycles. The maximum absolute atomic E-state index is 10.8. The van der Waals surface area contributed by atoms with E-state index in [2.05, 4.69) is 4.74 Å². The Kier molecular flexibility index (Phi) is 6.20. The summed E-state index contributed by atoms with van der Waals surface area (Å²) in [4.78, 5) is 21.5. The van der Waals surface area contributed by atoms with Gasteiger partial charge in [0.25, 0.3) is 0 Å². The Labute approximate surface area is 79.5 Å². The lowest BCUT2D eigenvalue weighted by atomic mass is 10.00. The fourth-order valence-corrected chi connectivity index (χ4v) is 1.03. The maximum atomic E-state index is 10.8. The SMILES string of the molecule is COC(=O)CCCC[C@@H](C)C(C)=O. The number of hydrogen-bond acceptors (Lipinski definition) is 3. The van der Waals surface area contributed by atoms with Crippen LogP contribution in [-0.4, -0.2) is 18.9 Å². The Morgan fingerprint density at radius 2 is 1.92 bits per heavy atom. The summed E-state index contributed by atoms with van der Waals surface area (Å²) >= 11 is 0. The Bertz CT molecular complexity index is 175. The van der Waals surface area contributed by atoms with Gasteiger partial charge in [-0.15, -0.1) is 0 Å². The summed E-state index contributed by atoms with van der Waals surface area (Å²) in [5.74, 6) is 0.172. The summed E-state index contributed by atoms with van der Waals surface area (Å²) in [5, 5.41) is 0. The molecule has 0 aromatic rings. The third-order valence-corrected chi connectivity index (χ3v) is 2.19. The predicted molar refractivity (Wildman–Crippen MR) is 50.3 cm³/mol. The molecule has 0 bridgehead atoms. The summed E-state index contributed by atoms with van der Waals surface area (Å²) in [6, 6.07) is 0. The van der Waals surface area contributed by atoms with E-state index in [0.717, 1.165) is 19.3 Å². The van der Waals surface area contributed by atoms with Crippen molar-refractivity contribution >= 4 is 11.8 Å². The zero-order chi connectivity index (χ0) is 10.3. The number of carbonyl (C=O) groups excluding carboxylic acids is 2. The Morgan fingerprint density at radius 1 is 1.31 bits per heavy atom. The van der Waals surface area contributed by atoms with Crippen LogP contribution in [0.3, 0.4) is 0 Å². The molecule has 0 spiro atoms. The molecule has 0 saturated carbocycles. The van der Waals surface area contributed by atoms with Crippen LogP contribution in [0.1, 0.15) is 39.5 Å². The monoisotopic (exact) mass is 186 g/mol. The summed E-state index contributed by atoms with van der Waals surface area (Å²) in [6.45, 7) is 3.52. The first-order valence-electron chi connectivity index (χ1n) is 4.65. The van der Waals surface area contributed by atoms with Crippen LogP contribution in [0.2, 0.25) is 0 Å². The van der Waals surface area contributed by atoms with Gasteiger partial charge in [0.2, 0.25) is 0 Å². The standard InChI is InChI=1S/C10H18O3/c1-8(9(2)11)6-4-5-7-10(12)13-3/h8H,4-7H2,1-3H3/t8-/m1/s1. The number of ether oxygens (including phenoxy) is 1. The molecule has 0 unspecified atom stereocenters. The van der Waals surface area contributed by atoms with E-state index in [1.165, 1.54) is 7.11 Å². The van der Waals surface area contributed by atoms with Crippen molar-refractivity contribution in [3.05, 3.63) is 0 Å². The van der Waals surface area contributed by atoms with Crippen LogP contribution < -0.4 is 0 Å². The van der Waals surface area contributed by atoms with Crippen molar-refractivity contribution < 1.29 is 14.3 Å². The second-order valence-corrected chi connectivity index (χ2v) is 3.33. The largest absolute Gasteiger partial charge is 0.469 e. The highest BCUT2D eigenvalue weighted by molar-refractivity contribution is 5.77. The van der Waals surface area contributed by atoms with Gasteiger partial charge in [-0.05, 0) is 19.8 Å². The summed E-state index contributed by atoms with van der Waals surface area (Å²) in [5.41, 5.74) is 0.